The number of para-hydroxylation sites is 1. The molecule has 0 atom stereocenters. The number of pyridine rings is 1. The summed E-state index contributed by atoms with van der Waals surface area (Å²) >= 11 is 0. The quantitative estimate of drug-likeness (QED) is 0.879. The Morgan fingerprint density at radius 3 is 2.72 bits per heavy atom. The number of fused-ring (bicyclic) bond motifs is 1. The number of anilines is 1. The first kappa shape index (κ1) is 11.5. The number of nitrogens with two attached hydrogens (primary N) is 1. The van der Waals surface area contributed by atoms with Crippen LogP contribution in [-0.2, 0) is 6.54 Å². The monoisotopic (exact) mass is 241 g/mol. The van der Waals surface area contributed by atoms with Crippen LogP contribution in [0.3, 0.4) is 0 Å². The lowest BCUT2D eigenvalue weighted by Gasteiger charge is -2.26. The maximum atomic E-state index is 6.07. The van der Waals surface area contributed by atoms with E-state index < -0.39 is 0 Å². The van der Waals surface area contributed by atoms with Gasteiger partial charge in [0.25, 0.3) is 0 Å². The van der Waals surface area contributed by atoms with Gasteiger partial charge in [-0.25, -0.2) is 4.98 Å². The number of hydrogen-bond donors (Lipinski definition) is 1. The van der Waals surface area contributed by atoms with Crippen molar-refractivity contribution in [2.24, 2.45) is 0 Å². The summed E-state index contributed by atoms with van der Waals surface area (Å²) in [4.78, 5) is 6.97. The van der Waals surface area contributed by atoms with E-state index in [0.29, 0.717) is 5.82 Å². The van der Waals surface area contributed by atoms with Gasteiger partial charge in [-0.3, -0.25) is 4.90 Å². The van der Waals surface area contributed by atoms with E-state index in [1.165, 1.54) is 37.7 Å². The average Bonchev–Trinajstić information content (AvgIpc) is 2.41. The van der Waals surface area contributed by atoms with E-state index in [0.717, 1.165) is 17.6 Å². The van der Waals surface area contributed by atoms with Crippen LogP contribution in [0.5, 0.6) is 0 Å². The number of aromatic nitrogens is 1. The third kappa shape index (κ3) is 2.31. The maximum Gasteiger partial charge on any atom is 0.128 e. The maximum absolute atomic E-state index is 6.07. The first-order chi connectivity index (χ1) is 8.83. The highest BCUT2D eigenvalue weighted by atomic mass is 15.1. The number of likely N-dealkylation sites (tertiary alicyclic amines) is 1. The van der Waals surface area contributed by atoms with Crippen LogP contribution in [0, 0.1) is 0 Å². The molecule has 3 rings (SSSR count). The van der Waals surface area contributed by atoms with Crippen molar-refractivity contribution >= 4 is 16.7 Å². The second kappa shape index (κ2) is 4.94. The standard InChI is InChI=1S/C15H19N3/c16-15-13(11-18-8-4-1-5-9-18)10-12-6-2-3-7-14(12)17-15/h2-3,6-7,10H,1,4-5,8-9,11H2,(H2,16,17). The molecule has 2 heterocycles. The van der Waals surface area contributed by atoms with E-state index in [9.17, 15) is 0 Å². The molecular formula is C15H19N3. The minimum absolute atomic E-state index is 0.680. The molecule has 1 aliphatic heterocycles. The van der Waals surface area contributed by atoms with Gasteiger partial charge in [0.15, 0.2) is 0 Å². The molecule has 0 saturated carbocycles. The van der Waals surface area contributed by atoms with Gasteiger partial charge in [0.1, 0.15) is 5.82 Å². The average molecular weight is 241 g/mol. The Bertz CT molecular complexity index is 544. The highest BCUT2D eigenvalue weighted by Crippen LogP contribution is 2.21. The van der Waals surface area contributed by atoms with Crippen LogP contribution in [0.2, 0.25) is 0 Å². The molecule has 2 aromatic rings. The zero-order valence-corrected chi connectivity index (χ0v) is 10.6. The highest BCUT2D eigenvalue weighted by molar-refractivity contribution is 5.81. The molecule has 0 bridgehead atoms. The Morgan fingerprint density at radius 1 is 1.11 bits per heavy atom. The summed E-state index contributed by atoms with van der Waals surface area (Å²) in [6.45, 7) is 3.31. The van der Waals surface area contributed by atoms with Crippen LogP contribution in [-0.4, -0.2) is 23.0 Å². The summed E-state index contributed by atoms with van der Waals surface area (Å²) in [5.41, 5.74) is 8.21. The first-order valence-electron chi connectivity index (χ1n) is 6.69. The molecule has 0 spiro atoms. The Morgan fingerprint density at radius 2 is 1.89 bits per heavy atom. The topological polar surface area (TPSA) is 42.1 Å². The molecule has 94 valence electrons. The van der Waals surface area contributed by atoms with Crippen LogP contribution in [0.4, 0.5) is 5.82 Å². The fraction of sp³-hybridized carbons (Fsp3) is 0.400. The Labute approximate surface area is 108 Å². The predicted octanol–water partition coefficient (Wildman–Crippen LogP) is 2.80. The number of nitrogens with zero attached hydrogens (tertiary/aromatic N) is 2. The molecule has 3 nitrogen and oxygen atoms in total. The SMILES string of the molecule is Nc1nc2ccccc2cc1CN1CCCCC1. The smallest absolute Gasteiger partial charge is 0.128 e. The molecule has 0 radical (unpaired) electrons. The number of piperidine rings is 1. The predicted molar refractivity (Wildman–Crippen MR) is 75.3 cm³/mol. The van der Waals surface area contributed by atoms with Crippen LogP contribution < -0.4 is 5.73 Å². The van der Waals surface area contributed by atoms with Crippen molar-refractivity contribution in [3.63, 3.8) is 0 Å². The second-order valence-corrected chi connectivity index (χ2v) is 5.06. The molecule has 1 aliphatic rings. The van der Waals surface area contributed by atoms with Crippen molar-refractivity contribution in [3.05, 3.63) is 35.9 Å². The molecule has 0 unspecified atom stereocenters. The van der Waals surface area contributed by atoms with Gasteiger partial charge in [0, 0.05) is 17.5 Å². The van der Waals surface area contributed by atoms with Crippen molar-refractivity contribution in [2.75, 3.05) is 18.8 Å². The van der Waals surface area contributed by atoms with Gasteiger partial charge in [0.05, 0.1) is 5.52 Å². The molecule has 1 fully saturated rings. The molecule has 1 saturated heterocycles. The van der Waals surface area contributed by atoms with Gasteiger partial charge >= 0.3 is 0 Å². The van der Waals surface area contributed by atoms with Gasteiger partial charge in [0.2, 0.25) is 0 Å². The molecule has 0 amide bonds. The van der Waals surface area contributed by atoms with Gasteiger partial charge in [-0.05, 0) is 38.1 Å². The summed E-state index contributed by atoms with van der Waals surface area (Å²) in [5, 5.41) is 1.18. The van der Waals surface area contributed by atoms with Crippen LogP contribution in [0.1, 0.15) is 24.8 Å². The van der Waals surface area contributed by atoms with Crippen molar-refractivity contribution in [2.45, 2.75) is 25.8 Å². The van der Waals surface area contributed by atoms with Crippen molar-refractivity contribution < 1.29 is 0 Å². The van der Waals surface area contributed by atoms with Crippen LogP contribution in [0.15, 0.2) is 30.3 Å². The van der Waals surface area contributed by atoms with E-state index in [2.05, 4.69) is 22.0 Å². The summed E-state index contributed by atoms with van der Waals surface area (Å²) in [6, 6.07) is 10.3. The van der Waals surface area contributed by atoms with E-state index >= 15 is 0 Å². The minimum atomic E-state index is 0.680. The molecule has 2 N–H and O–H groups in total. The van der Waals surface area contributed by atoms with E-state index in [-0.39, 0.29) is 0 Å². The van der Waals surface area contributed by atoms with Crippen molar-refractivity contribution in [1.82, 2.24) is 9.88 Å². The number of rotatable bonds is 2. The van der Waals surface area contributed by atoms with Gasteiger partial charge in [-0.1, -0.05) is 24.6 Å². The largest absolute Gasteiger partial charge is 0.383 e. The summed E-state index contributed by atoms with van der Waals surface area (Å²) in [5.74, 6) is 0.680. The van der Waals surface area contributed by atoms with E-state index in [4.69, 9.17) is 5.73 Å². The fourth-order valence-electron chi connectivity index (χ4n) is 2.66. The molecular weight excluding hydrogens is 222 g/mol. The fourth-order valence-corrected chi connectivity index (χ4v) is 2.66. The molecule has 18 heavy (non-hydrogen) atoms. The first-order valence-corrected chi connectivity index (χ1v) is 6.69. The molecule has 3 heteroatoms. The van der Waals surface area contributed by atoms with Crippen LogP contribution in [0.25, 0.3) is 10.9 Å². The molecule has 0 aliphatic carbocycles. The lowest BCUT2D eigenvalue weighted by molar-refractivity contribution is 0.221. The van der Waals surface area contributed by atoms with E-state index in [1.54, 1.807) is 0 Å². The minimum Gasteiger partial charge on any atom is -0.383 e. The third-order valence-electron chi connectivity index (χ3n) is 3.68. The zero-order chi connectivity index (χ0) is 12.4. The molecule has 1 aromatic carbocycles. The Hall–Kier alpha value is -1.61. The number of benzene rings is 1. The van der Waals surface area contributed by atoms with Gasteiger partial charge in [-0.2, -0.15) is 0 Å². The van der Waals surface area contributed by atoms with Crippen molar-refractivity contribution in [3.8, 4) is 0 Å². The second-order valence-electron chi connectivity index (χ2n) is 5.06. The van der Waals surface area contributed by atoms with Gasteiger partial charge in [-0.15, -0.1) is 0 Å². The van der Waals surface area contributed by atoms with Crippen molar-refractivity contribution in [1.29, 1.82) is 0 Å². The van der Waals surface area contributed by atoms with Crippen LogP contribution >= 0.6 is 0 Å². The molecule has 1 aromatic heterocycles. The zero-order valence-electron chi connectivity index (χ0n) is 10.6. The number of nitrogen functional groups attached to an aromatic ring is 1. The lowest BCUT2D eigenvalue weighted by Crippen LogP contribution is -2.29. The third-order valence-corrected chi connectivity index (χ3v) is 3.68. The lowest BCUT2D eigenvalue weighted by atomic mass is 10.1. The highest BCUT2D eigenvalue weighted by Gasteiger charge is 2.12. The Balaban J connectivity index is 1.88. The normalized spacial score (nSPS) is 17.1. The number of hydrogen-bond acceptors (Lipinski definition) is 3. The summed E-state index contributed by atoms with van der Waals surface area (Å²) in [6.07, 6.45) is 3.98. The van der Waals surface area contributed by atoms with E-state index in [1.807, 2.05) is 18.2 Å². The van der Waals surface area contributed by atoms with Gasteiger partial charge < -0.3 is 5.73 Å². The Kier molecular flexibility index (Phi) is 3.15. The summed E-state index contributed by atoms with van der Waals surface area (Å²) < 4.78 is 0. The summed E-state index contributed by atoms with van der Waals surface area (Å²) in [7, 11) is 0.